The van der Waals surface area contributed by atoms with E-state index in [1.165, 1.54) is 69.9 Å². The van der Waals surface area contributed by atoms with Gasteiger partial charge in [-0.15, -0.1) is 0 Å². The van der Waals surface area contributed by atoms with Crippen molar-refractivity contribution >= 4 is 0 Å². The SMILES string of the molecule is C=C1[C@H](CO)C/C(=C/C=C2\CCC[C@]3(C)[C@@H]([C@H](C)CCCN(C)C4CC4)CC[C@@H]23)C[C@H]1OC. The van der Waals surface area contributed by atoms with Crippen LogP contribution in [0.5, 0.6) is 0 Å². The van der Waals surface area contributed by atoms with Crippen LogP contribution < -0.4 is 0 Å². The van der Waals surface area contributed by atoms with E-state index in [0.29, 0.717) is 5.41 Å². The summed E-state index contributed by atoms with van der Waals surface area (Å²) >= 11 is 0. The van der Waals surface area contributed by atoms with E-state index in [2.05, 4.69) is 44.5 Å². The summed E-state index contributed by atoms with van der Waals surface area (Å²) < 4.78 is 5.67. The van der Waals surface area contributed by atoms with Gasteiger partial charge in [0.25, 0.3) is 0 Å². The van der Waals surface area contributed by atoms with Crippen molar-refractivity contribution in [3.63, 3.8) is 0 Å². The van der Waals surface area contributed by atoms with Crippen LogP contribution in [0.2, 0.25) is 0 Å². The maximum atomic E-state index is 9.81. The lowest BCUT2D eigenvalue weighted by atomic mass is 9.60. The molecule has 0 aromatic carbocycles. The molecule has 4 aliphatic carbocycles. The van der Waals surface area contributed by atoms with Crippen LogP contribution in [0.4, 0.5) is 0 Å². The zero-order valence-corrected chi connectivity index (χ0v) is 21.8. The highest BCUT2D eigenvalue weighted by atomic mass is 16.5. The Morgan fingerprint density at radius 3 is 2.70 bits per heavy atom. The Balaban J connectivity index is 1.39. The molecule has 0 unspecified atom stereocenters. The molecule has 0 radical (unpaired) electrons. The van der Waals surface area contributed by atoms with E-state index in [9.17, 15) is 5.11 Å². The summed E-state index contributed by atoms with van der Waals surface area (Å²) in [6, 6.07) is 0.892. The second kappa shape index (κ2) is 10.8. The maximum absolute atomic E-state index is 9.81. The summed E-state index contributed by atoms with van der Waals surface area (Å²) in [6.07, 6.45) is 19.1. The second-order valence-corrected chi connectivity index (χ2v) is 12.1. The number of nitrogens with zero attached hydrogens (tertiary/aromatic N) is 1. The van der Waals surface area contributed by atoms with Gasteiger partial charge < -0.3 is 14.7 Å². The van der Waals surface area contributed by atoms with Crippen LogP contribution >= 0.6 is 0 Å². The minimum Gasteiger partial charge on any atom is -0.396 e. The Morgan fingerprint density at radius 2 is 2.00 bits per heavy atom. The fourth-order valence-corrected chi connectivity index (χ4v) is 7.72. The zero-order chi connectivity index (χ0) is 23.6. The first kappa shape index (κ1) is 25.2. The molecule has 6 atom stereocenters. The Bertz CT molecular complexity index is 732. The molecule has 0 heterocycles. The van der Waals surface area contributed by atoms with E-state index >= 15 is 0 Å². The summed E-state index contributed by atoms with van der Waals surface area (Å²) in [7, 11) is 4.09. The van der Waals surface area contributed by atoms with Crippen LogP contribution in [-0.4, -0.2) is 49.5 Å². The van der Waals surface area contributed by atoms with Crippen molar-refractivity contribution in [3.8, 4) is 0 Å². The lowest BCUT2D eigenvalue weighted by Crippen LogP contribution is -2.36. The average molecular weight is 456 g/mol. The summed E-state index contributed by atoms with van der Waals surface area (Å²) in [5, 5.41) is 9.81. The van der Waals surface area contributed by atoms with Crippen molar-refractivity contribution in [1.29, 1.82) is 0 Å². The zero-order valence-electron chi connectivity index (χ0n) is 21.8. The highest BCUT2D eigenvalue weighted by Crippen LogP contribution is 2.59. The number of ether oxygens (including phenoxy) is 1. The number of methoxy groups -OCH3 is 1. The minimum atomic E-state index is 0.0489. The summed E-state index contributed by atoms with van der Waals surface area (Å²) in [5.74, 6) is 2.61. The van der Waals surface area contributed by atoms with Crippen molar-refractivity contribution < 1.29 is 9.84 Å². The minimum absolute atomic E-state index is 0.0489. The predicted octanol–water partition coefficient (Wildman–Crippen LogP) is 6.54. The lowest BCUT2D eigenvalue weighted by Gasteiger charge is -2.44. The molecule has 0 saturated heterocycles. The highest BCUT2D eigenvalue weighted by Gasteiger charge is 2.50. The highest BCUT2D eigenvalue weighted by molar-refractivity contribution is 5.29. The molecule has 0 aromatic heterocycles. The van der Waals surface area contributed by atoms with Crippen LogP contribution in [0, 0.1) is 29.1 Å². The molecule has 0 spiro atoms. The number of aliphatic hydroxyl groups is 1. The molecule has 4 saturated carbocycles. The number of fused-ring (bicyclic) bond motifs is 1. The Hall–Kier alpha value is -0.900. The molecule has 4 rings (SSSR count). The smallest absolute Gasteiger partial charge is 0.0819 e. The first-order valence-electron chi connectivity index (χ1n) is 13.8. The Morgan fingerprint density at radius 1 is 1.21 bits per heavy atom. The fourth-order valence-electron chi connectivity index (χ4n) is 7.72. The molecular formula is C30H49NO2. The van der Waals surface area contributed by atoms with Gasteiger partial charge in [0.1, 0.15) is 0 Å². The normalized spacial score (nSPS) is 38.3. The molecule has 1 N–H and O–H groups in total. The third-order valence-corrected chi connectivity index (χ3v) is 10.00. The molecule has 33 heavy (non-hydrogen) atoms. The molecule has 186 valence electrons. The lowest BCUT2D eigenvalue weighted by molar-refractivity contribution is 0.0921. The predicted molar refractivity (Wildman–Crippen MR) is 138 cm³/mol. The molecule has 3 heteroatoms. The van der Waals surface area contributed by atoms with E-state index in [0.717, 1.165) is 42.2 Å². The van der Waals surface area contributed by atoms with Crippen LogP contribution in [0.3, 0.4) is 0 Å². The van der Waals surface area contributed by atoms with Gasteiger partial charge in [-0.2, -0.15) is 0 Å². The number of aliphatic hydroxyl groups excluding tert-OH is 1. The van der Waals surface area contributed by atoms with Crippen LogP contribution in [0.25, 0.3) is 0 Å². The van der Waals surface area contributed by atoms with Gasteiger partial charge in [-0.3, -0.25) is 0 Å². The van der Waals surface area contributed by atoms with E-state index < -0.39 is 0 Å². The van der Waals surface area contributed by atoms with Crippen molar-refractivity contribution in [3.05, 3.63) is 35.5 Å². The molecule has 0 aromatic rings. The van der Waals surface area contributed by atoms with Gasteiger partial charge >= 0.3 is 0 Å². The Labute approximate surface area is 203 Å². The summed E-state index contributed by atoms with van der Waals surface area (Å²) in [5.41, 5.74) is 4.65. The fraction of sp³-hybridized carbons (Fsp3) is 0.800. The van der Waals surface area contributed by atoms with E-state index in [1.54, 1.807) is 12.7 Å². The van der Waals surface area contributed by atoms with Crippen molar-refractivity contribution in [2.24, 2.45) is 29.1 Å². The Kier molecular flexibility index (Phi) is 8.24. The van der Waals surface area contributed by atoms with Crippen molar-refractivity contribution in [1.82, 2.24) is 4.90 Å². The molecule has 3 nitrogen and oxygen atoms in total. The van der Waals surface area contributed by atoms with Gasteiger partial charge in [0.2, 0.25) is 0 Å². The topological polar surface area (TPSA) is 32.7 Å². The van der Waals surface area contributed by atoms with E-state index in [4.69, 9.17) is 4.74 Å². The molecular weight excluding hydrogens is 406 g/mol. The third kappa shape index (κ3) is 5.52. The van der Waals surface area contributed by atoms with Gasteiger partial charge in [-0.1, -0.05) is 43.7 Å². The monoisotopic (exact) mass is 455 g/mol. The summed E-state index contributed by atoms with van der Waals surface area (Å²) in [6.45, 7) is 10.8. The largest absolute Gasteiger partial charge is 0.396 e. The van der Waals surface area contributed by atoms with E-state index in [-0.39, 0.29) is 18.6 Å². The molecule has 0 aliphatic heterocycles. The van der Waals surface area contributed by atoms with Crippen LogP contribution in [0.15, 0.2) is 35.5 Å². The number of hydrogen-bond donors (Lipinski definition) is 1. The van der Waals surface area contributed by atoms with Crippen LogP contribution in [-0.2, 0) is 4.74 Å². The van der Waals surface area contributed by atoms with Gasteiger partial charge in [-0.25, -0.2) is 0 Å². The van der Waals surface area contributed by atoms with Crippen molar-refractivity contribution in [2.75, 3.05) is 27.3 Å². The van der Waals surface area contributed by atoms with Gasteiger partial charge in [0.15, 0.2) is 0 Å². The number of allylic oxidation sites excluding steroid dienone is 3. The molecule has 4 fully saturated rings. The van der Waals surface area contributed by atoms with Crippen LogP contribution in [0.1, 0.15) is 84.5 Å². The van der Waals surface area contributed by atoms with Gasteiger partial charge in [0, 0.05) is 25.7 Å². The number of hydrogen-bond acceptors (Lipinski definition) is 3. The average Bonchev–Trinajstić information content (AvgIpc) is 3.59. The first-order chi connectivity index (χ1) is 15.9. The molecule has 4 aliphatic rings. The maximum Gasteiger partial charge on any atom is 0.0819 e. The quantitative estimate of drug-likeness (QED) is 0.401. The number of rotatable bonds is 9. The van der Waals surface area contributed by atoms with Gasteiger partial charge in [0.05, 0.1) is 6.10 Å². The standard InChI is InChI=1S/C30H49NO2/c1-21(8-7-17-31(4)26-12-13-26)27-14-15-28-24(9-6-16-30(27,28)3)11-10-23-18-25(20-32)22(2)29(19-23)33-5/h10-11,21,25-29,32H,2,6-9,12-20H2,1,3-5H3/b23-10-,24-11+/t21-,25+,27-,28+,29-,30-/m1/s1. The van der Waals surface area contributed by atoms with E-state index in [1.807, 2.05) is 0 Å². The van der Waals surface area contributed by atoms with Gasteiger partial charge in [-0.05, 0) is 113 Å². The third-order valence-electron chi connectivity index (χ3n) is 10.00. The second-order valence-electron chi connectivity index (χ2n) is 12.1. The van der Waals surface area contributed by atoms with Crippen molar-refractivity contribution in [2.45, 2.75) is 96.6 Å². The first-order valence-corrected chi connectivity index (χ1v) is 13.8. The summed E-state index contributed by atoms with van der Waals surface area (Å²) in [4.78, 5) is 2.59. The molecule has 0 bridgehead atoms. The molecule has 0 amide bonds.